The van der Waals surface area contributed by atoms with E-state index in [0.717, 1.165) is 34.0 Å². The van der Waals surface area contributed by atoms with Crippen molar-refractivity contribution in [1.82, 2.24) is 14.2 Å². The number of fused-ring (bicyclic) bond motifs is 1. The summed E-state index contributed by atoms with van der Waals surface area (Å²) in [5.74, 6) is -0.197. The summed E-state index contributed by atoms with van der Waals surface area (Å²) in [4.78, 5) is 22.1. The van der Waals surface area contributed by atoms with Crippen LogP contribution in [0.5, 0.6) is 0 Å². The molecule has 1 aliphatic rings. The second-order valence-electron chi connectivity index (χ2n) is 8.36. The number of halogens is 1. The molecule has 0 unspecified atom stereocenters. The molecule has 0 atom stereocenters. The molecule has 10 heteroatoms. The Bertz CT molecular complexity index is 1240. The normalized spacial score (nSPS) is 15.3. The molecule has 176 valence electrons. The van der Waals surface area contributed by atoms with Gasteiger partial charge in [-0.1, -0.05) is 33.7 Å². The quantitative estimate of drug-likeness (QED) is 0.434. The lowest BCUT2D eigenvalue weighted by molar-refractivity contribution is 0.0985. The summed E-state index contributed by atoms with van der Waals surface area (Å²) in [6.45, 7) is 2.25. The summed E-state index contributed by atoms with van der Waals surface area (Å²) >= 11 is 4.95. The molecule has 1 aromatic heterocycles. The number of aromatic nitrogens is 1. The lowest BCUT2D eigenvalue weighted by atomic mass is 10.2. The fourth-order valence-corrected chi connectivity index (χ4v) is 6.82. The zero-order valence-electron chi connectivity index (χ0n) is 18.7. The number of carbonyl (C=O) groups excluding carboxylic acids is 1. The Morgan fingerprint density at radius 3 is 2.42 bits per heavy atom. The van der Waals surface area contributed by atoms with Crippen LogP contribution in [-0.4, -0.2) is 68.8 Å². The maximum absolute atomic E-state index is 13.5. The van der Waals surface area contributed by atoms with E-state index in [1.54, 1.807) is 17.0 Å². The Hall–Kier alpha value is -1.85. The van der Waals surface area contributed by atoms with E-state index in [4.69, 9.17) is 0 Å². The van der Waals surface area contributed by atoms with Gasteiger partial charge in [-0.2, -0.15) is 4.31 Å². The number of hydrogen-bond acceptors (Lipinski definition) is 6. The lowest BCUT2D eigenvalue weighted by Gasteiger charge is -2.26. The molecule has 7 nitrogen and oxygen atoms in total. The number of amides is 1. The van der Waals surface area contributed by atoms with E-state index in [1.807, 2.05) is 37.2 Å². The summed E-state index contributed by atoms with van der Waals surface area (Å²) in [6.07, 6.45) is 2.83. The second kappa shape index (κ2) is 10.2. The molecule has 3 aromatic rings. The molecule has 0 bridgehead atoms. The number of sulfonamides is 1. The Balaban J connectivity index is 1.61. The van der Waals surface area contributed by atoms with Gasteiger partial charge in [0.15, 0.2) is 5.13 Å². The summed E-state index contributed by atoms with van der Waals surface area (Å²) < 4.78 is 29.4. The maximum atomic E-state index is 13.5. The van der Waals surface area contributed by atoms with E-state index in [-0.39, 0.29) is 10.8 Å². The monoisotopic (exact) mass is 550 g/mol. The highest BCUT2D eigenvalue weighted by Gasteiger charge is 2.27. The first-order valence-corrected chi connectivity index (χ1v) is 13.9. The Morgan fingerprint density at radius 2 is 1.76 bits per heavy atom. The number of carbonyl (C=O) groups is 1. The predicted octanol–water partition coefficient (Wildman–Crippen LogP) is 4.44. The molecule has 4 rings (SSSR count). The van der Waals surface area contributed by atoms with E-state index >= 15 is 0 Å². The number of nitrogens with zero attached hydrogens (tertiary/aromatic N) is 4. The van der Waals surface area contributed by atoms with Gasteiger partial charge in [0.05, 0.1) is 15.1 Å². The highest BCUT2D eigenvalue weighted by molar-refractivity contribution is 9.10. The third kappa shape index (κ3) is 5.46. The largest absolute Gasteiger partial charge is 0.308 e. The van der Waals surface area contributed by atoms with Gasteiger partial charge in [-0.05, 0) is 69.4 Å². The van der Waals surface area contributed by atoms with Gasteiger partial charge in [-0.3, -0.25) is 9.69 Å². The molecule has 2 aromatic carbocycles. The van der Waals surface area contributed by atoms with Crippen LogP contribution >= 0.6 is 27.3 Å². The van der Waals surface area contributed by atoms with Crippen LogP contribution in [0.25, 0.3) is 10.2 Å². The zero-order valence-corrected chi connectivity index (χ0v) is 21.9. The second-order valence-corrected chi connectivity index (χ2v) is 12.2. The van der Waals surface area contributed by atoms with Crippen LogP contribution in [0.1, 0.15) is 29.6 Å². The molecule has 0 aliphatic carbocycles. The zero-order chi connectivity index (χ0) is 23.6. The van der Waals surface area contributed by atoms with Crippen LogP contribution in [0.15, 0.2) is 51.8 Å². The molecule has 1 aliphatic heterocycles. The van der Waals surface area contributed by atoms with Crippen molar-refractivity contribution < 1.29 is 13.2 Å². The molecular weight excluding hydrogens is 524 g/mol. The highest BCUT2D eigenvalue weighted by atomic mass is 79.9. The average Bonchev–Trinajstić information content (AvgIpc) is 3.22. The standard InChI is InChI=1S/C23H27BrN4O3S2/c1-26(2)14-15-28(23-25-20-11-8-18(24)16-21(20)32-23)22(29)17-6-9-19(10-7-17)33(30,31)27-12-4-3-5-13-27/h6-11,16H,3-5,12-15H2,1-2H3. The van der Waals surface area contributed by atoms with Crippen molar-refractivity contribution in [3.8, 4) is 0 Å². The number of benzene rings is 2. The fourth-order valence-electron chi connectivity index (χ4n) is 3.77. The first-order chi connectivity index (χ1) is 15.8. The van der Waals surface area contributed by atoms with Crippen molar-refractivity contribution in [3.63, 3.8) is 0 Å². The molecule has 0 radical (unpaired) electrons. The average molecular weight is 552 g/mol. The highest BCUT2D eigenvalue weighted by Crippen LogP contribution is 2.32. The molecule has 0 spiro atoms. The Kier molecular flexibility index (Phi) is 7.49. The lowest BCUT2D eigenvalue weighted by Crippen LogP contribution is -2.37. The smallest absolute Gasteiger partial charge is 0.260 e. The van der Waals surface area contributed by atoms with Gasteiger partial charge in [0.1, 0.15) is 0 Å². The van der Waals surface area contributed by atoms with Crippen LogP contribution in [0.2, 0.25) is 0 Å². The van der Waals surface area contributed by atoms with Crippen LogP contribution in [0, 0.1) is 0 Å². The van der Waals surface area contributed by atoms with E-state index in [0.29, 0.717) is 36.9 Å². The topological polar surface area (TPSA) is 73.8 Å². The molecular formula is C23H27BrN4O3S2. The molecule has 1 fully saturated rings. The van der Waals surface area contributed by atoms with Gasteiger partial charge in [0.2, 0.25) is 10.0 Å². The van der Waals surface area contributed by atoms with Crippen molar-refractivity contribution in [2.45, 2.75) is 24.2 Å². The number of thiazole rings is 1. The summed E-state index contributed by atoms with van der Waals surface area (Å²) in [6, 6.07) is 12.1. The summed E-state index contributed by atoms with van der Waals surface area (Å²) in [5, 5.41) is 0.625. The summed E-state index contributed by atoms with van der Waals surface area (Å²) in [5.41, 5.74) is 1.27. The minimum atomic E-state index is -3.53. The maximum Gasteiger partial charge on any atom is 0.260 e. The van der Waals surface area contributed by atoms with Crippen LogP contribution in [0.3, 0.4) is 0 Å². The van der Waals surface area contributed by atoms with E-state index in [1.165, 1.54) is 27.8 Å². The molecule has 1 amide bonds. The van der Waals surface area contributed by atoms with Gasteiger partial charge in [-0.15, -0.1) is 0 Å². The van der Waals surface area contributed by atoms with Crippen molar-refractivity contribution in [2.75, 3.05) is 45.2 Å². The number of likely N-dealkylation sites (N-methyl/N-ethyl adjacent to an activating group) is 1. The first-order valence-electron chi connectivity index (χ1n) is 10.9. The first kappa shape index (κ1) is 24.3. The van der Waals surface area contributed by atoms with Crippen LogP contribution in [-0.2, 0) is 10.0 Å². The number of piperidine rings is 1. The predicted molar refractivity (Wildman–Crippen MR) is 137 cm³/mol. The van der Waals surface area contributed by atoms with E-state index in [9.17, 15) is 13.2 Å². The third-order valence-electron chi connectivity index (χ3n) is 5.64. The number of rotatable bonds is 7. The molecule has 2 heterocycles. The molecule has 0 N–H and O–H groups in total. The van der Waals surface area contributed by atoms with Gasteiger partial charge in [0, 0.05) is 36.2 Å². The van der Waals surface area contributed by atoms with Crippen molar-refractivity contribution in [2.24, 2.45) is 0 Å². The van der Waals surface area contributed by atoms with Gasteiger partial charge in [-0.25, -0.2) is 13.4 Å². The Labute approximate surface area is 207 Å². The van der Waals surface area contributed by atoms with Crippen LogP contribution in [0.4, 0.5) is 5.13 Å². The summed E-state index contributed by atoms with van der Waals surface area (Å²) in [7, 11) is 0.381. The van der Waals surface area contributed by atoms with E-state index in [2.05, 4.69) is 20.9 Å². The minimum absolute atomic E-state index is 0.197. The van der Waals surface area contributed by atoms with Crippen molar-refractivity contribution in [1.29, 1.82) is 0 Å². The van der Waals surface area contributed by atoms with Crippen molar-refractivity contribution in [3.05, 3.63) is 52.5 Å². The number of anilines is 1. The Morgan fingerprint density at radius 1 is 1.06 bits per heavy atom. The third-order valence-corrected chi connectivity index (χ3v) is 9.09. The van der Waals surface area contributed by atoms with E-state index < -0.39 is 10.0 Å². The fraction of sp³-hybridized carbons (Fsp3) is 0.391. The van der Waals surface area contributed by atoms with Gasteiger partial charge < -0.3 is 4.90 Å². The number of hydrogen-bond donors (Lipinski definition) is 0. The molecule has 0 saturated carbocycles. The SMILES string of the molecule is CN(C)CCN(C(=O)c1ccc(S(=O)(=O)N2CCCCC2)cc1)c1nc2ccc(Br)cc2s1. The van der Waals surface area contributed by atoms with Crippen LogP contribution < -0.4 is 4.90 Å². The molecule has 33 heavy (non-hydrogen) atoms. The van der Waals surface area contributed by atoms with Crippen molar-refractivity contribution >= 4 is 58.5 Å². The van der Waals surface area contributed by atoms with Gasteiger partial charge >= 0.3 is 0 Å². The molecule has 1 saturated heterocycles. The van der Waals surface area contributed by atoms with Gasteiger partial charge in [0.25, 0.3) is 5.91 Å². The minimum Gasteiger partial charge on any atom is -0.308 e.